The largest absolute Gasteiger partial charge is 0.323 e. The Bertz CT molecular complexity index is 283. The topological polar surface area (TPSA) is 26.0 Å². The molecule has 2 N–H and O–H groups in total. The maximum Gasteiger partial charge on any atom is 0.0392 e. The van der Waals surface area contributed by atoms with Gasteiger partial charge in [-0.2, -0.15) is 0 Å². The highest BCUT2D eigenvalue weighted by molar-refractivity contribution is 7.10. The summed E-state index contributed by atoms with van der Waals surface area (Å²) >= 11 is 1.78. The van der Waals surface area contributed by atoms with Gasteiger partial charge in [-0.05, 0) is 42.2 Å². The fourth-order valence-corrected chi connectivity index (χ4v) is 2.45. The van der Waals surface area contributed by atoms with E-state index in [2.05, 4.69) is 39.1 Å². The minimum absolute atomic E-state index is 0.231. The molecule has 2 heteroatoms. The van der Waals surface area contributed by atoms with Gasteiger partial charge >= 0.3 is 0 Å². The van der Waals surface area contributed by atoms with E-state index in [1.54, 1.807) is 11.3 Å². The molecule has 1 unspecified atom stereocenters. The zero-order chi connectivity index (χ0) is 10.8. The van der Waals surface area contributed by atoms with E-state index in [0.29, 0.717) is 5.41 Å². The third-order valence-electron chi connectivity index (χ3n) is 2.44. The summed E-state index contributed by atoms with van der Waals surface area (Å²) in [6.45, 7) is 8.94. The smallest absolute Gasteiger partial charge is 0.0392 e. The minimum atomic E-state index is 0.231. The van der Waals surface area contributed by atoms with Crippen LogP contribution in [0.3, 0.4) is 0 Å². The molecule has 1 rings (SSSR count). The summed E-state index contributed by atoms with van der Waals surface area (Å²) < 4.78 is 0. The van der Waals surface area contributed by atoms with Gasteiger partial charge in [-0.1, -0.05) is 20.8 Å². The summed E-state index contributed by atoms with van der Waals surface area (Å²) in [7, 11) is 0. The first-order valence-electron chi connectivity index (χ1n) is 5.20. The van der Waals surface area contributed by atoms with Gasteiger partial charge in [0.1, 0.15) is 0 Å². The first kappa shape index (κ1) is 11.7. The molecule has 0 fully saturated rings. The minimum Gasteiger partial charge on any atom is -0.323 e. The van der Waals surface area contributed by atoms with E-state index in [4.69, 9.17) is 5.73 Å². The van der Waals surface area contributed by atoms with E-state index in [-0.39, 0.29) is 6.04 Å². The molecule has 1 aromatic heterocycles. The Morgan fingerprint density at radius 3 is 2.50 bits per heavy atom. The van der Waals surface area contributed by atoms with Crippen LogP contribution in [-0.4, -0.2) is 0 Å². The Labute approximate surface area is 91.3 Å². The van der Waals surface area contributed by atoms with Gasteiger partial charge in [0.05, 0.1) is 0 Å². The number of hydrogen-bond donors (Lipinski definition) is 1. The van der Waals surface area contributed by atoms with Crippen LogP contribution in [0.1, 0.15) is 50.1 Å². The predicted molar refractivity (Wildman–Crippen MR) is 64.7 cm³/mol. The van der Waals surface area contributed by atoms with Crippen LogP contribution < -0.4 is 5.73 Å². The van der Waals surface area contributed by atoms with Crippen molar-refractivity contribution in [3.63, 3.8) is 0 Å². The highest BCUT2D eigenvalue weighted by Gasteiger charge is 2.15. The van der Waals surface area contributed by atoms with E-state index in [1.165, 1.54) is 16.9 Å². The molecule has 1 atom stereocenters. The van der Waals surface area contributed by atoms with Crippen molar-refractivity contribution in [3.05, 3.63) is 21.9 Å². The molecule has 0 aliphatic heterocycles. The van der Waals surface area contributed by atoms with Gasteiger partial charge < -0.3 is 5.73 Å². The lowest BCUT2D eigenvalue weighted by Gasteiger charge is -2.20. The number of rotatable bonds is 3. The van der Waals surface area contributed by atoms with Gasteiger partial charge in [-0.15, -0.1) is 11.3 Å². The molecule has 0 saturated heterocycles. The van der Waals surface area contributed by atoms with E-state index in [1.807, 2.05) is 0 Å². The monoisotopic (exact) mass is 211 g/mol. The number of aryl methyl sites for hydroxylation is 1. The lowest BCUT2D eigenvalue weighted by Crippen LogP contribution is -2.14. The number of thiophene rings is 1. The van der Waals surface area contributed by atoms with Crippen molar-refractivity contribution in [2.24, 2.45) is 11.1 Å². The van der Waals surface area contributed by atoms with Gasteiger partial charge in [-0.3, -0.25) is 0 Å². The van der Waals surface area contributed by atoms with Crippen molar-refractivity contribution in [2.75, 3.05) is 0 Å². The van der Waals surface area contributed by atoms with Gasteiger partial charge in [-0.25, -0.2) is 0 Å². The fourth-order valence-electron chi connectivity index (χ4n) is 1.48. The second-order valence-corrected chi connectivity index (χ2v) is 6.12. The van der Waals surface area contributed by atoms with Crippen LogP contribution in [0.4, 0.5) is 0 Å². The Morgan fingerprint density at radius 2 is 2.07 bits per heavy atom. The number of nitrogens with two attached hydrogens (primary N) is 1. The molecule has 0 aromatic carbocycles. The van der Waals surface area contributed by atoms with Crippen molar-refractivity contribution in [1.29, 1.82) is 0 Å². The Hall–Kier alpha value is -0.340. The number of hydrogen-bond acceptors (Lipinski definition) is 2. The van der Waals surface area contributed by atoms with Crippen LogP contribution in [0.15, 0.2) is 11.4 Å². The molecule has 1 heterocycles. The average Bonchev–Trinajstić information content (AvgIpc) is 2.46. The van der Waals surface area contributed by atoms with Crippen LogP contribution in [0.5, 0.6) is 0 Å². The first-order chi connectivity index (χ1) is 6.40. The molecule has 1 nitrogen and oxygen atoms in total. The molecule has 0 amide bonds. The maximum absolute atomic E-state index is 6.16. The van der Waals surface area contributed by atoms with Crippen LogP contribution in [0.2, 0.25) is 0 Å². The zero-order valence-electron chi connectivity index (χ0n) is 9.63. The molecular weight excluding hydrogens is 190 g/mol. The van der Waals surface area contributed by atoms with Crippen LogP contribution in [0, 0.1) is 12.3 Å². The third kappa shape index (κ3) is 3.43. The van der Waals surface area contributed by atoms with Gasteiger partial charge in [0.25, 0.3) is 0 Å². The second-order valence-electron chi connectivity index (χ2n) is 5.17. The molecule has 0 saturated carbocycles. The molecule has 0 bridgehead atoms. The average molecular weight is 211 g/mol. The van der Waals surface area contributed by atoms with Crippen molar-refractivity contribution < 1.29 is 0 Å². The van der Waals surface area contributed by atoms with Gasteiger partial charge in [0.15, 0.2) is 0 Å². The molecule has 0 aliphatic carbocycles. The van der Waals surface area contributed by atoms with Gasteiger partial charge in [0, 0.05) is 10.9 Å². The van der Waals surface area contributed by atoms with Crippen molar-refractivity contribution >= 4 is 11.3 Å². The summed E-state index contributed by atoms with van der Waals surface area (Å²) in [4.78, 5) is 1.36. The van der Waals surface area contributed by atoms with Crippen LogP contribution in [-0.2, 0) is 0 Å². The Balaban J connectivity index is 2.51. The summed E-state index contributed by atoms with van der Waals surface area (Å²) in [6, 6.07) is 2.38. The molecule has 0 aliphatic rings. The SMILES string of the molecule is Cc1ccsc1C(N)CCC(C)(C)C. The highest BCUT2D eigenvalue weighted by atomic mass is 32.1. The van der Waals surface area contributed by atoms with E-state index < -0.39 is 0 Å². The summed E-state index contributed by atoms with van der Waals surface area (Å²) in [6.07, 6.45) is 2.27. The lowest BCUT2D eigenvalue weighted by atomic mass is 9.88. The standard InChI is InChI=1S/C12H21NS/c1-9-6-8-14-11(9)10(13)5-7-12(2,3)4/h6,8,10H,5,7,13H2,1-4H3. The van der Waals surface area contributed by atoms with E-state index in [0.717, 1.165) is 6.42 Å². The van der Waals surface area contributed by atoms with Gasteiger partial charge in [0.2, 0.25) is 0 Å². The summed E-state index contributed by atoms with van der Waals surface area (Å²) in [5.74, 6) is 0. The first-order valence-corrected chi connectivity index (χ1v) is 6.08. The quantitative estimate of drug-likeness (QED) is 0.806. The second kappa shape index (κ2) is 4.45. The van der Waals surface area contributed by atoms with Crippen LogP contribution in [0.25, 0.3) is 0 Å². The van der Waals surface area contributed by atoms with Crippen molar-refractivity contribution in [2.45, 2.75) is 46.6 Å². The zero-order valence-corrected chi connectivity index (χ0v) is 10.4. The molecule has 14 heavy (non-hydrogen) atoms. The lowest BCUT2D eigenvalue weighted by molar-refractivity contribution is 0.350. The van der Waals surface area contributed by atoms with Crippen LogP contribution >= 0.6 is 11.3 Å². The van der Waals surface area contributed by atoms with E-state index in [9.17, 15) is 0 Å². The highest BCUT2D eigenvalue weighted by Crippen LogP contribution is 2.29. The third-order valence-corrected chi connectivity index (χ3v) is 3.59. The molecule has 0 radical (unpaired) electrons. The Kier molecular flexibility index (Phi) is 3.73. The maximum atomic E-state index is 6.16. The molecular formula is C12H21NS. The summed E-state index contributed by atoms with van der Waals surface area (Å²) in [5.41, 5.74) is 7.89. The predicted octanol–water partition coefficient (Wildman–Crippen LogP) is 3.88. The molecule has 80 valence electrons. The fraction of sp³-hybridized carbons (Fsp3) is 0.667. The van der Waals surface area contributed by atoms with E-state index >= 15 is 0 Å². The molecule has 1 aromatic rings. The van der Waals surface area contributed by atoms with Crippen molar-refractivity contribution in [3.8, 4) is 0 Å². The molecule has 0 spiro atoms. The normalized spacial score (nSPS) is 14.4. The Morgan fingerprint density at radius 1 is 1.43 bits per heavy atom. The summed E-state index contributed by atoms with van der Waals surface area (Å²) in [5, 5.41) is 2.13. The van der Waals surface area contributed by atoms with Crippen molar-refractivity contribution in [1.82, 2.24) is 0 Å².